The Labute approximate surface area is 98.2 Å². The van der Waals surface area contributed by atoms with Crippen LogP contribution in [0.1, 0.15) is 6.92 Å². The van der Waals surface area contributed by atoms with Crippen LogP contribution in [0.2, 0.25) is 0 Å². The quantitative estimate of drug-likeness (QED) is 0.490. The summed E-state index contributed by atoms with van der Waals surface area (Å²) < 4.78 is 82.4. The molecule has 0 unspecified atom stereocenters. The van der Waals surface area contributed by atoms with Crippen LogP contribution in [0.25, 0.3) is 0 Å². The van der Waals surface area contributed by atoms with Gasteiger partial charge >= 0.3 is 10.1 Å². The number of carbonyl (C=O) groups excluding carboxylic acids is 1. The summed E-state index contributed by atoms with van der Waals surface area (Å²) in [4.78, 5) is 8.40. The van der Waals surface area contributed by atoms with E-state index in [2.05, 4.69) is 0 Å². The van der Waals surface area contributed by atoms with Crippen molar-refractivity contribution in [2.75, 3.05) is 5.32 Å². The largest absolute Gasteiger partial charge is 0.321 e. The lowest BCUT2D eigenvalue weighted by molar-refractivity contribution is -0.114. The summed E-state index contributed by atoms with van der Waals surface area (Å²) in [5.74, 6) is -9.99. The molecule has 0 saturated carbocycles. The molecule has 0 aliphatic carbocycles. The molecule has 18 heavy (non-hydrogen) atoms. The summed E-state index contributed by atoms with van der Waals surface area (Å²) in [6.45, 7) is 0.811. The zero-order valence-corrected chi connectivity index (χ0v) is 9.41. The van der Waals surface area contributed by atoms with Crippen molar-refractivity contribution in [3.8, 4) is 0 Å². The number of rotatable bonds is 2. The average Bonchev–Trinajstić information content (AvgIpc) is 2.19. The van der Waals surface area contributed by atoms with Crippen molar-refractivity contribution >= 4 is 21.7 Å². The number of benzene rings is 1. The summed E-state index contributed by atoms with van der Waals surface area (Å²) in [5, 5.41) is 1.46. The number of hydrogen-bond acceptors (Lipinski definition) is 3. The van der Waals surface area contributed by atoms with Crippen LogP contribution in [-0.2, 0) is 14.9 Å². The van der Waals surface area contributed by atoms with Crippen molar-refractivity contribution in [1.29, 1.82) is 0 Å². The van der Waals surface area contributed by atoms with Crippen molar-refractivity contribution < 1.29 is 35.3 Å². The molecule has 0 spiro atoms. The molecule has 0 aromatic heterocycles. The molecule has 1 aromatic carbocycles. The fourth-order valence-electron chi connectivity index (χ4n) is 1.12. The van der Waals surface area contributed by atoms with Crippen molar-refractivity contribution in [2.45, 2.75) is 11.8 Å². The molecule has 0 fully saturated rings. The van der Waals surface area contributed by atoms with Crippen LogP contribution in [0.15, 0.2) is 4.90 Å². The van der Waals surface area contributed by atoms with Crippen LogP contribution < -0.4 is 5.32 Å². The van der Waals surface area contributed by atoms with Gasteiger partial charge in [0.05, 0.1) is 0 Å². The molecule has 0 heterocycles. The summed E-state index contributed by atoms with van der Waals surface area (Å²) in [7, 11) is -5.50. The van der Waals surface area contributed by atoms with Gasteiger partial charge in [0.25, 0.3) is 0 Å². The molecule has 1 aromatic rings. The second-order valence-corrected chi connectivity index (χ2v) is 4.47. The van der Waals surface area contributed by atoms with E-state index in [4.69, 9.17) is 4.55 Å². The van der Waals surface area contributed by atoms with E-state index in [9.17, 15) is 30.8 Å². The van der Waals surface area contributed by atoms with Crippen molar-refractivity contribution in [3.63, 3.8) is 0 Å². The third-order valence-corrected chi connectivity index (χ3v) is 2.66. The van der Waals surface area contributed by atoms with E-state index in [-0.39, 0.29) is 0 Å². The fraction of sp³-hybridized carbons (Fsp3) is 0.125. The monoisotopic (exact) mass is 287 g/mol. The van der Waals surface area contributed by atoms with E-state index in [1.165, 1.54) is 5.32 Å². The molecule has 1 rings (SSSR count). The first-order valence-electron chi connectivity index (χ1n) is 4.18. The van der Waals surface area contributed by atoms with E-state index >= 15 is 0 Å². The maximum absolute atomic E-state index is 13.2. The minimum Gasteiger partial charge on any atom is -0.321 e. The molecule has 10 heteroatoms. The molecule has 0 aliphatic rings. The van der Waals surface area contributed by atoms with Gasteiger partial charge in [-0.1, -0.05) is 0 Å². The first-order valence-corrected chi connectivity index (χ1v) is 5.62. The summed E-state index contributed by atoms with van der Waals surface area (Å²) in [6.07, 6.45) is 0. The van der Waals surface area contributed by atoms with E-state index in [1.54, 1.807) is 0 Å². The van der Waals surface area contributed by atoms with E-state index in [0.29, 0.717) is 0 Å². The standard InChI is InChI=1S/C8H5F4NO4S/c1-2(14)13-7-3(9)5(11)8(18(15,16)17)6(12)4(7)10/h1H3,(H,13,14)(H,15,16,17). The van der Waals surface area contributed by atoms with Crippen molar-refractivity contribution in [3.05, 3.63) is 23.3 Å². The Hall–Kier alpha value is -1.68. The lowest BCUT2D eigenvalue weighted by Gasteiger charge is -2.10. The lowest BCUT2D eigenvalue weighted by Crippen LogP contribution is -2.16. The predicted octanol–water partition coefficient (Wildman–Crippen LogP) is 1.45. The lowest BCUT2D eigenvalue weighted by atomic mass is 10.2. The highest BCUT2D eigenvalue weighted by atomic mass is 32.2. The normalized spacial score (nSPS) is 11.4. The molecule has 100 valence electrons. The number of hydrogen-bond donors (Lipinski definition) is 2. The van der Waals surface area contributed by atoms with Gasteiger partial charge in [0.15, 0.2) is 28.2 Å². The molecule has 5 nitrogen and oxygen atoms in total. The predicted molar refractivity (Wildman–Crippen MR) is 50.4 cm³/mol. The Morgan fingerprint density at radius 3 is 1.72 bits per heavy atom. The number of nitrogens with one attached hydrogen (secondary N) is 1. The summed E-state index contributed by atoms with van der Waals surface area (Å²) in [5.41, 5.74) is -1.48. The third kappa shape index (κ3) is 2.43. The van der Waals surface area contributed by atoms with Gasteiger partial charge in [-0.25, -0.2) is 17.6 Å². The Balaban J connectivity index is 3.72. The molecular formula is C8H5F4NO4S. The Kier molecular flexibility index (Phi) is 3.62. The highest BCUT2D eigenvalue weighted by molar-refractivity contribution is 7.85. The summed E-state index contributed by atoms with van der Waals surface area (Å²) >= 11 is 0. The molecule has 0 bridgehead atoms. The highest BCUT2D eigenvalue weighted by Crippen LogP contribution is 2.30. The topological polar surface area (TPSA) is 83.5 Å². The first-order chi connectivity index (χ1) is 8.07. The van der Waals surface area contributed by atoms with Crippen molar-refractivity contribution in [1.82, 2.24) is 0 Å². The van der Waals surface area contributed by atoms with Gasteiger partial charge in [0.2, 0.25) is 5.91 Å². The second-order valence-electron chi connectivity index (χ2n) is 3.12. The van der Waals surface area contributed by atoms with Crippen LogP contribution in [0.4, 0.5) is 23.2 Å². The van der Waals surface area contributed by atoms with Gasteiger partial charge in [-0.05, 0) is 0 Å². The Morgan fingerprint density at radius 2 is 1.44 bits per heavy atom. The fourth-order valence-corrected chi connectivity index (χ4v) is 1.76. The van der Waals surface area contributed by atoms with Gasteiger partial charge in [-0.2, -0.15) is 8.42 Å². The molecule has 0 saturated heterocycles. The Bertz CT molecular complexity index is 599. The maximum Gasteiger partial charge on any atom is 0.300 e. The number of carbonyl (C=O) groups is 1. The van der Waals surface area contributed by atoms with Gasteiger partial charge in [-0.3, -0.25) is 9.35 Å². The van der Waals surface area contributed by atoms with Gasteiger partial charge in [0, 0.05) is 6.92 Å². The van der Waals surface area contributed by atoms with E-state index in [1.807, 2.05) is 0 Å². The molecular weight excluding hydrogens is 282 g/mol. The number of anilines is 1. The Morgan fingerprint density at radius 1 is 1.06 bits per heavy atom. The number of halogens is 4. The SMILES string of the molecule is CC(=O)Nc1c(F)c(F)c(S(=O)(=O)O)c(F)c1F. The van der Waals surface area contributed by atoms with Crippen LogP contribution >= 0.6 is 0 Å². The van der Waals surface area contributed by atoms with Crippen molar-refractivity contribution in [2.24, 2.45) is 0 Å². The van der Waals surface area contributed by atoms with E-state index < -0.39 is 49.9 Å². The van der Waals surface area contributed by atoms with Crippen LogP contribution in [0.5, 0.6) is 0 Å². The van der Waals surface area contributed by atoms with E-state index in [0.717, 1.165) is 6.92 Å². The van der Waals surface area contributed by atoms with Crippen LogP contribution in [-0.4, -0.2) is 18.9 Å². The van der Waals surface area contributed by atoms with Crippen LogP contribution in [0, 0.1) is 23.3 Å². The highest BCUT2D eigenvalue weighted by Gasteiger charge is 2.32. The molecule has 1 amide bonds. The first kappa shape index (κ1) is 14.4. The third-order valence-electron chi connectivity index (χ3n) is 1.78. The minimum absolute atomic E-state index is 0.811. The van der Waals surface area contributed by atoms with Gasteiger partial charge in [0.1, 0.15) is 5.69 Å². The molecule has 0 radical (unpaired) electrons. The van der Waals surface area contributed by atoms with Gasteiger partial charge in [-0.15, -0.1) is 0 Å². The average molecular weight is 287 g/mol. The smallest absolute Gasteiger partial charge is 0.300 e. The second kappa shape index (κ2) is 4.53. The zero-order chi connectivity index (χ0) is 14.2. The zero-order valence-electron chi connectivity index (χ0n) is 8.59. The maximum atomic E-state index is 13.2. The molecule has 0 atom stereocenters. The van der Waals surface area contributed by atoms with Gasteiger partial charge < -0.3 is 5.32 Å². The molecule has 2 N–H and O–H groups in total. The summed E-state index contributed by atoms with van der Waals surface area (Å²) in [6, 6.07) is 0. The minimum atomic E-state index is -5.50. The molecule has 0 aliphatic heterocycles. The number of amides is 1. The van der Waals surface area contributed by atoms with Crippen LogP contribution in [0.3, 0.4) is 0 Å².